The van der Waals surface area contributed by atoms with Crippen molar-refractivity contribution in [2.45, 2.75) is 0 Å². The fourth-order valence-electron chi connectivity index (χ4n) is 6.35. The molecule has 8 aromatic rings. The summed E-state index contributed by atoms with van der Waals surface area (Å²) in [6.45, 7) is 0. The number of fused-ring (bicyclic) bond motifs is 4. The highest BCUT2D eigenvalue weighted by Gasteiger charge is 2.19. The second-order valence-electron chi connectivity index (χ2n) is 11.5. The van der Waals surface area contributed by atoms with Crippen LogP contribution in [0.5, 0.6) is 0 Å². The summed E-state index contributed by atoms with van der Waals surface area (Å²) >= 11 is 1.43. The van der Waals surface area contributed by atoms with E-state index in [-0.39, 0.29) is 5.82 Å². The molecule has 0 N–H and O–H groups in total. The van der Waals surface area contributed by atoms with Gasteiger partial charge in [-0.2, -0.15) is 21.0 Å². The molecule has 0 radical (unpaired) electrons. The van der Waals surface area contributed by atoms with Crippen LogP contribution in [-0.2, 0) is 0 Å². The third-order valence-electron chi connectivity index (χ3n) is 8.54. The first-order valence-corrected chi connectivity index (χ1v) is 15.9. The second-order valence-corrected chi connectivity index (χ2v) is 12.5. The Morgan fingerprint density at radius 3 is 1.61 bits per heavy atom. The Bertz CT molecular complexity index is 2660. The van der Waals surface area contributed by atoms with Gasteiger partial charge in [-0.05, 0) is 113 Å². The third kappa shape index (κ3) is 5.03. The van der Waals surface area contributed by atoms with E-state index in [1.807, 2.05) is 48.5 Å². The van der Waals surface area contributed by atoms with E-state index in [0.717, 1.165) is 70.5 Å². The average Bonchev–Trinajstić information content (AvgIpc) is 3.72. The van der Waals surface area contributed by atoms with Crippen molar-refractivity contribution in [3.8, 4) is 62.8 Å². The normalized spacial score (nSPS) is 10.9. The van der Waals surface area contributed by atoms with Crippen LogP contribution in [-0.4, -0.2) is 9.55 Å². The highest BCUT2D eigenvalue weighted by molar-refractivity contribution is 7.21. The predicted octanol–water partition coefficient (Wildman–Crippen LogP) is 10.0. The number of rotatable bonds is 4. The lowest BCUT2D eigenvalue weighted by Gasteiger charge is -2.13. The molecule has 6 aromatic carbocycles. The zero-order chi connectivity index (χ0) is 33.6. The van der Waals surface area contributed by atoms with Crippen LogP contribution in [0.1, 0.15) is 22.3 Å². The molecule has 8 rings (SSSR count). The van der Waals surface area contributed by atoms with Gasteiger partial charge in [0.25, 0.3) is 0 Å². The standard InChI is InChI=1S/C41H19FN6S/c42-32-7-8-36-40(19-32)49-41(47-36)33-3-1-2-4-37(33)48-38-9-5-28(30-13-24(20-43)11-25(14-30)21-44)17-34(38)35-18-29(6-10-39(35)48)31-15-26(22-45)12-27(16-31)23-46/h1-19H. The fraction of sp³-hybridized carbons (Fsp3) is 0. The number of nitrogens with zero attached hydrogens (tertiary/aromatic N) is 6. The van der Waals surface area contributed by atoms with Gasteiger partial charge >= 0.3 is 0 Å². The van der Waals surface area contributed by atoms with Crippen LogP contribution in [0.3, 0.4) is 0 Å². The number of aromatic nitrogens is 2. The van der Waals surface area contributed by atoms with Crippen LogP contribution >= 0.6 is 11.3 Å². The summed E-state index contributed by atoms with van der Waals surface area (Å²) in [5.41, 5.74) is 9.08. The Labute approximate surface area is 283 Å². The van der Waals surface area contributed by atoms with Crippen molar-refractivity contribution in [1.82, 2.24) is 9.55 Å². The van der Waals surface area contributed by atoms with Gasteiger partial charge in [0, 0.05) is 16.3 Å². The van der Waals surface area contributed by atoms with E-state index in [0.29, 0.717) is 22.3 Å². The van der Waals surface area contributed by atoms with Crippen molar-refractivity contribution in [3.05, 3.63) is 143 Å². The Balaban J connectivity index is 1.41. The van der Waals surface area contributed by atoms with E-state index in [1.54, 1.807) is 42.5 Å². The summed E-state index contributed by atoms with van der Waals surface area (Å²) in [7, 11) is 0. The van der Waals surface area contributed by atoms with Crippen LogP contribution in [0.4, 0.5) is 4.39 Å². The summed E-state index contributed by atoms with van der Waals surface area (Å²) in [5, 5.41) is 41.2. The molecule has 0 aliphatic carbocycles. The molecule has 0 saturated heterocycles. The molecule has 0 spiro atoms. The second kappa shape index (κ2) is 11.6. The molecule has 0 fully saturated rings. The molecule has 6 nitrogen and oxygen atoms in total. The Morgan fingerprint density at radius 2 is 1.08 bits per heavy atom. The number of thiazole rings is 1. The van der Waals surface area contributed by atoms with E-state index in [2.05, 4.69) is 41.0 Å². The van der Waals surface area contributed by atoms with Crippen molar-refractivity contribution in [3.63, 3.8) is 0 Å². The van der Waals surface area contributed by atoms with Gasteiger partial charge in [-0.1, -0.05) is 24.3 Å². The van der Waals surface area contributed by atoms with E-state index in [9.17, 15) is 25.4 Å². The fourth-order valence-corrected chi connectivity index (χ4v) is 7.38. The molecule has 226 valence electrons. The summed E-state index contributed by atoms with van der Waals surface area (Å²) in [6, 6.07) is 43.6. The first kappa shape index (κ1) is 29.3. The number of hydrogen-bond donors (Lipinski definition) is 0. The highest BCUT2D eigenvalue weighted by Crippen LogP contribution is 2.41. The number of hydrogen-bond acceptors (Lipinski definition) is 6. The number of para-hydroxylation sites is 1. The molecule has 0 aliphatic heterocycles. The van der Waals surface area contributed by atoms with Crippen LogP contribution in [0.25, 0.3) is 70.5 Å². The zero-order valence-corrected chi connectivity index (χ0v) is 26.3. The minimum absolute atomic E-state index is 0.311. The monoisotopic (exact) mass is 646 g/mol. The number of halogens is 1. The number of nitriles is 4. The maximum Gasteiger partial charge on any atom is 0.126 e. The molecule has 0 atom stereocenters. The van der Waals surface area contributed by atoms with Crippen molar-refractivity contribution < 1.29 is 4.39 Å². The SMILES string of the molecule is N#Cc1cc(C#N)cc(-c2ccc3c(c2)c2cc(-c4cc(C#N)cc(C#N)c4)ccc2n3-c2ccccc2-c2nc3ccc(F)cc3s2)c1. The average molecular weight is 647 g/mol. The summed E-state index contributed by atoms with van der Waals surface area (Å²) in [4.78, 5) is 4.86. The van der Waals surface area contributed by atoms with Crippen molar-refractivity contribution >= 4 is 43.4 Å². The Morgan fingerprint density at radius 1 is 0.551 bits per heavy atom. The van der Waals surface area contributed by atoms with Gasteiger partial charge in [0.2, 0.25) is 0 Å². The summed E-state index contributed by atoms with van der Waals surface area (Å²) in [5.74, 6) is -0.311. The van der Waals surface area contributed by atoms with Crippen molar-refractivity contribution in [2.75, 3.05) is 0 Å². The molecule has 0 aliphatic rings. The molecule has 0 amide bonds. The Kier molecular flexibility index (Phi) is 6.94. The van der Waals surface area contributed by atoms with Crippen LogP contribution in [0, 0.1) is 51.1 Å². The summed E-state index contributed by atoms with van der Waals surface area (Å²) < 4.78 is 17.0. The highest BCUT2D eigenvalue weighted by atomic mass is 32.1. The largest absolute Gasteiger partial charge is 0.309 e. The zero-order valence-electron chi connectivity index (χ0n) is 25.4. The van der Waals surface area contributed by atoms with Gasteiger partial charge in [0.05, 0.1) is 73.5 Å². The minimum Gasteiger partial charge on any atom is -0.309 e. The molecule has 0 saturated carbocycles. The van der Waals surface area contributed by atoms with Crippen molar-refractivity contribution in [1.29, 1.82) is 21.0 Å². The molecule has 2 aromatic heterocycles. The predicted molar refractivity (Wildman–Crippen MR) is 189 cm³/mol. The van der Waals surface area contributed by atoms with E-state index in [4.69, 9.17) is 4.98 Å². The van der Waals surface area contributed by atoms with Crippen LogP contribution in [0.15, 0.2) is 115 Å². The maximum atomic E-state index is 14.1. The summed E-state index contributed by atoms with van der Waals surface area (Å²) in [6.07, 6.45) is 0. The Hall–Kier alpha value is -7.10. The van der Waals surface area contributed by atoms with Crippen LogP contribution in [0.2, 0.25) is 0 Å². The topological polar surface area (TPSA) is 113 Å². The molecular weight excluding hydrogens is 628 g/mol. The smallest absolute Gasteiger partial charge is 0.126 e. The molecule has 0 unspecified atom stereocenters. The van der Waals surface area contributed by atoms with Gasteiger partial charge in [-0.15, -0.1) is 11.3 Å². The lowest BCUT2D eigenvalue weighted by molar-refractivity contribution is 0.630. The first-order chi connectivity index (χ1) is 24.0. The van der Waals surface area contributed by atoms with E-state index in [1.165, 1.54) is 23.5 Å². The van der Waals surface area contributed by atoms with E-state index < -0.39 is 0 Å². The lowest BCUT2D eigenvalue weighted by atomic mass is 9.97. The molecule has 2 heterocycles. The van der Waals surface area contributed by atoms with Crippen LogP contribution < -0.4 is 0 Å². The number of benzene rings is 6. The van der Waals surface area contributed by atoms with Gasteiger partial charge in [0.1, 0.15) is 10.8 Å². The molecule has 0 bridgehead atoms. The first-order valence-electron chi connectivity index (χ1n) is 15.1. The quantitative estimate of drug-likeness (QED) is 0.189. The molecule has 49 heavy (non-hydrogen) atoms. The van der Waals surface area contributed by atoms with Gasteiger partial charge in [-0.3, -0.25) is 0 Å². The lowest BCUT2D eigenvalue weighted by Crippen LogP contribution is -1.97. The molecular formula is C41H19FN6S. The maximum absolute atomic E-state index is 14.1. The van der Waals surface area contributed by atoms with Gasteiger partial charge < -0.3 is 4.57 Å². The molecule has 8 heteroatoms. The van der Waals surface area contributed by atoms with E-state index >= 15 is 0 Å². The van der Waals surface area contributed by atoms with Gasteiger partial charge in [0.15, 0.2) is 0 Å². The van der Waals surface area contributed by atoms with Gasteiger partial charge in [-0.25, -0.2) is 9.37 Å². The minimum atomic E-state index is -0.311. The van der Waals surface area contributed by atoms with Crippen molar-refractivity contribution in [2.24, 2.45) is 0 Å². The third-order valence-corrected chi connectivity index (χ3v) is 9.59.